The van der Waals surface area contributed by atoms with Crippen LogP contribution in [0.25, 0.3) is 0 Å². The van der Waals surface area contributed by atoms with E-state index in [1.54, 1.807) is 6.92 Å². The molecule has 0 fully saturated rings. The third-order valence-corrected chi connectivity index (χ3v) is 1.47. The summed E-state index contributed by atoms with van der Waals surface area (Å²) >= 11 is 0. The molecule has 0 saturated carbocycles. The number of alkyl halides is 2. The summed E-state index contributed by atoms with van der Waals surface area (Å²) in [6.45, 7) is 3.15. The molecule has 1 aromatic heterocycles. The molecule has 0 aromatic carbocycles. The van der Waals surface area contributed by atoms with Crippen molar-refractivity contribution in [2.45, 2.75) is 20.3 Å². The first kappa shape index (κ1) is 10.6. The van der Waals surface area contributed by atoms with Crippen LogP contribution in [0.4, 0.5) is 8.78 Å². The maximum absolute atomic E-state index is 12.1. The molecule has 0 aliphatic carbocycles. The number of oxazole rings is 1. The van der Waals surface area contributed by atoms with E-state index in [1.165, 1.54) is 6.92 Å². The molecule has 4 nitrogen and oxygen atoms in total. The van der Waals surface area contributed by atoms with Gasteiger partial charge in [-0.25, -0.2) is 9.78 Å². The molecule has 0 spiro atoms. The Labute approximate surface area is 78.9 Å². The minimum Gasteiger partial charge on any atom is -0.461 e. The van der Waals surface area contributed by atoms with Crippen LogP contribution in [-0.4, -0.2) is 17.6 Å². The van der Waals surface area contributed by atoms with Gasteiger partial charge in [0.1, 0.15) is 5.76 Å². The molecule has 0 unspecified atom stereocenters. The van der Waals surface area contributed by atoms with Gasteiger partial charge in [0.25, 0.3) is 5.89 Å². The van der Waals surface area contributed by atoms with E-state index < -0.39 is 18.3 Å². The summed E-state index contributed by atoms with van der Waals surface area (Å²) in [4.78, 5) is 14.4. The normalized spacial score (nSPS) is 10.6. The summed E-state index contributed by atoms with van der Waals surface area (Å²) in [5, 5.41) is 0. The molecule has 0 aliphatic heterocycles. The van der Waals surface area contributed by atoms with Crippen molar-refractivity contribution in [1.82, 2.24) is 4.98 Å². The van der Waals surface area contributed by atoms with Crippen LogP contribution in [0, 0.1) is 6.92 Å². The van der Waals surface area contributed by atoms with Crippen LogP contribution in [0.5, 0.6) is 0 Å². The molecule has 0 atom stereocenters. The van der Waals surface area contributed by atoms with E-state index in [-0.39, 0.29) is 18.1 Å². The van der Waals surface area contributed by atoms with Crippen LogP contribution in [0.2, 0.25) is 0 Å². The lowest BCUT2D eigenvalue weighted by Crippen LogP contribution is -2.06. The van der Waals surface area contributed by atoms with Crippen LogP contribution in [0.15, 0.2) is 4.42 Å². The fraction of sp³-hybridized carbons (Fsp3) is 0.500. The zero-order chi connectivity index (χ0) is 10.7. The van der Waals surface area contributed by atoms with Crippen molar-refractivity contribution >= 4 is 5.97 Å². The first-order valence-electron chi connectivity index (χ1n) is 3.98. The second-order valence-electron chi connectivity index (χ2n) is 2.48. The number of carbonyl (C=O) groups is 1. The van der Waals surface area contributed by atoms with Gasteiger partial charge in [-0.3, -0.25) is 0 Å². The third-order valence-electron chi connectivity index (χ3n) is 1.47. The minimum atomic E-state index is -2.82. The molecule has 14 heavy (non-hydrogen) atoms. The van der Waals surface area contributed by atoms with E-state index >= 15 is 0 Å². The summed E-state index contributed by atoms with van der Waals surface area (Å²) in [7, 11) is 0. The van der Waals surface area contributed by atoms with Gasteiger partial charge in [0, 0.05) is 0 Å². The number of aromatic nitrogens is 1. The number of hydrogen-bond acceptors (Lipinski definition) is 4. The molecule has 0 N–H and O–H groups in total. The zero-order valence-electron chi connectivity index (χ0n) is 7.71. The van der Waals surface area contributed by atoms with Gasteiger partial charge in [-0.1, -0.05) is 0 Å². The predicted molar refractivity (Wildman–Crippen MR) is 42.2 cm³/mol. The summed E-state index contributed by atoms with van der Waals surface area (Å²) in [5.74, 6) is -1.47. The maximum atomic E-state index is 12.1. The average Bonchev–Trinajstić information content (AvgIpc) is 2.48. The molecule has 1 aromatic rings. The molecule has 6 heteroatoms. The lowest BCUT2D eigenvalue weighted by Gasteiger charge is -1.96. The van der Waals surface area contributed by atoms with Crippen LogP contribution < -0.4 is 0 Å². The molecule has 78 valence electrons. The smallest absolute Gasteiger partial charge is 0.360 e. The Morgan fingerprint density at radius 1 is 1.64 bits per heavy atom. The van der Waals surface area contributed by atoms with Crippen LogP contribution in [0.3, 0.4) is 0 Å². The van der Waals surface area contributed by atoms with Gasteiger partial charge in [0.2, 0.25) is 0 Å². The number of ether oxygens (including phenoxy) is 1. The first-order chi connectivity index (χ1) is 6.56. The van der Waals surface area contributed by atoms with Gasteiger partial charge < -0.3 is 9.15 Å². The lowest BCUT2D eigenvalue weighted by atomic mass is 10.4. The Balaban J connectivity index is 2.92. The van der Waals surface area contributed by atoms with Crippen molar-refractivity contribution in [3.05, 3.63) is 17.3 Å². The van der Waals surface area contributed by atoms with Gasteiger partial charge in [0.15, 0.2) is 5.69 Å². The third kappa shape index (κ3) is 2.07. The molecule has 0 amide bonds. The second kappa shape index (κ2) is 4.17. The highest BCUT2D eigenvalue weighted by molar-refractivity contribution is 5.88. The Hall–Kier alpha value is -1.46. The Morgan fingerprint density at radius 2 is 2.29 bits per heavy atom. The van der Waals surface area contributed by atoms with Crippen molar-refractivity contribution < 1.29 is 22.7 Å². The van der Waals surface area contributed by atoms with Crippen LogP contribution >= 0.6 is 0 Å². The van der Waals surface area contributed by atoms with E-state index in [4.69, 9.17) is 0 Å². The first-order valence-corrected chi connectivity index (χ1v) is 3.98. The maximum Gasteiger partial charge on any atom is 0.360 e. The fourth-order valence-corrected chi connectivity index (χ4v) is 0.899. The van der Waals surface area contributed by atoms with E-state index in [2.05, 4.69) is 14.1 Å². The van der Waals surface area contributed by atoms with E-state index in [0.29, 0.717) is 0 Å². The lowest BCUT2D eigenvalue weighted by molar-refractivity contribution is 0.0518. The van der Waals surface area contributed by atoms with Crippen molar-refractivity contribution in [2.24, 2.45) is 0 Å². The molecular weight excluding hydrogens is 196 g/mol. The highest BCUT2D eigenvalue weighted by Gasteiger charge is 2.22. The highest BCUT2D eigenvalue weighted by Crippen LogP contribution is 2.21. The van der Waals surface area contributed by atoms with E-state index in [9.17, 15) is 13.6 Å². The molecule has 1 heterocycles. The molecule has 1 rings (SSSR count). The number of esters is 1. The number of aryl methyl sites for hydroxylation is 1. The second-order valence-corrected chi connectivity index (χ2v) is 2.48. The summed E-state index contributed by atoms with van der Waals surface area (Å²) in [5.41, 5.74) is -0.192. The average molecular weight is 205 g/mol. The zero-order valence-corrected chi connectivity index (χ0v) is 7.71. The minimum absolute atomic E-state index is 0.0405. The molecule has 0 bridgehead atoms. The van der Waals surface area contributed by atoms with E-state index in [0.717, 1.165) is 0 Å². The number of rotatable bonds is 3. The monoisotopic (exact) mass is 205 g/mol. The van der Waals surface area contributed by atoms with Crippen molar-refractivity contribution in [3.8, 4) is 0 Å². The standard InChI is InChI=1S/C8H9F2NO3/c1-3-13-8(12)5-4(2)14-7(11-5)6(9)10/h6H,3H2,1-2H3. The largest absolute Gasteiger partial charge is 0.461 e. The summed E-state index contributed by atoms with van der Waals surface area (Å²) in [6.07, 6.45) is -2.82. The predicted octanol–water partition coefficient (Wildman–Crippen LogP) is 2.10. The summed E-state index contributed by atoms with van der Waals surface area (Å²) in [6, 6.07) is 0. The van der Waals surface area contributed by atoms with Gasteiger partial charge >= 0.3 is 12.4 Å². The Kier molecular flexibility index (Phi) is 3.16. The molecule has 0 aliphatic rings. The van der Waals surface area contributed by atoms with Gasteiger partial charge in [-0.05, 0) is 13.8 Å². The Morgan fingerprint density at radius 3 is 2.71 bits per heavy atom. The van der Waals surface area contributed by atoms with Gasteiger partial charge in [-0.2, -0.15) is 8.78 Å². The van der Waals surface area contributed by atoms with E-state index in [1.807, 2.05) is 0 Å². The number of nitrogens with zero attached hydrogens (tertiary/aromatic N) is 1. The Bertz CT molecular complexity index is 335. The SMILES string of the molecule is CCOC(=O)c1nc(C(F)F)oc1C. The molecule has 0 radical (unpaired) electrons. The van der Waals surface area contributed by atoms with Gasteiger partial charge in [-0.15, -0.1) is 0 Å². The summed E-state index contributed by atoms with van der Waals surface area (Å²) < 4.78 is 33.4. The highest BCUT2D eigenvalue weighted by atomic mass is 19.3. The fourth-order valence-electron chi connectivity index (χ4n) is 0.899. The molecule has 0 saturated heterocycles. The molecular formula is C8H9F2NO3. The van der Waals surface area contributed by atoms with Gasteiger partial charge in [0.05, 0.1) is 6.61 Å². The number of carbonyl (C=O) groups excluding carboxylic acids is 1. The van der Waals surface area contributed by atoms with Crippen LogP contribution in [0.1, 0.15) is 35.5 Å². The van der Waals surface area contributed by atoms with Crippen molar-refractivity contribution in [2.75, 3.05) is 6.61 Å². The quantitative estimate of drug-likeness (QED) is 0.709. The topological polar surface area (TPSA) is 52.3 Å². The van der Waals surface area contributed by atoms with Crippen molar-refractivity contribution in [1.29, 1.82) is 0 Å². The van der Waals surface area contributed by atoms with Crippen molar-refractivity contribution in [3.63, 3.8) is 0 Å². The van der Waals surface area contributed by atoms with Crippen LogP contribution in [-0.2, 0) is 4.74 Å². The number of halogens is 2. The number of hydrogen-bond donors (Lipinski definition) is 0.